The lowest BCUT2D eigenvalue weighted by Crippen LogP contribution is -2.23. The van der Waals surface area contributed by atoms with Crippen LogP contribution in [-0.4, -0.2) is 27.3 Å². The van der Waals surface area contributed by atoms with E-state index in [2.05, 4.69) is 31.3 Å². The van der Waals surface area contributed by atoms with Crippen molar-refractivity contribution in [1.29, 1.82) is 0 Å². The fourth-order valence-electron chi connectivity index (χ4n) is 2.01. The van der Waals surface area contributed by atoms with Crippen LogP contribution >= 0.6 is 0 Å². The van der Waals surface area contributed by atoms with Gasteiger partial charge >= 0.3 is 0 Å². The Morgan fingerprint density at radius 3 is 2.50 bits per heavy atom. The van der Waals surface area contributed by atoms with Crippen molar-refractivity contribution in [2.45, 2.75) is 26.7 Å². The van der Waals surface area contributed by atoms with Gasteiger partial charge in [-0.2, -0.15) is 0 Å². The van der Waals surface area contributed by atoms with E-state index in [9.17, 15) is 0 Å². The molecule has 0 heterocycles. The van der Waals surface area contributed by atoms with Gasteiger partial charge in [-0.3, -0.25) is 0 Å². The van der Waals surface area contributed by atoms with E-state index in [4.69, 9.17) is 9.47 Å². The second kappa shape index (κ2) is 7.98. The first-order valence-corrected chi connectivity index (χ1v) is 6.62. The summed E-state index contributed by atoms with van der Waals surface area (Å²) in [6.07, 6.45) is 2.24. The van der Waals surface area contributed by atoms with Crippen LogP contribution in [0.15, 0.2) is 18.2 Å². The molecule has 1 aromatic carbocycles. The molecule has 3 nitrogen and oxygen atoms in total. The summed E-state index contributed by atoms with van der Waals surface area (Å²) in [5.41, 5.74) is 1.29. The zero-order chi connectivity index (χ0) is 13.4. The molecule has 0 radical (unpaired) electrons. The predicted octanol–water partition coefficient (Wildman–Crippen LogP) is 2.88. The maximum absolute atomic E-state index is 5.32. The molecular weight excluding hydrogens is 226 g/mol. The second-order valence-corrected chi connectivity index (χ2v) is 4.70. The maximum Gasteiger partial charge on any atom is 0.160 e. The van der Waals surface area contributed by atoms with Crippen LogP contribution in [0.25, 0.3) is 0 Å². The average molecular weight is 251 g/mol. The lowest BCUT2D eigenvalue weighted by Gasteiger charge is -2.14. The Bertz CT molecular complexity index is 352. The van der Waals surface area contributed by atoms with Crippen LogP contribution in [0.5, 0.6) is 11.5 Å². The molecule has 18 heavy (non-hydrogen) atoms. The van der Waals surface area contributed by atoms with E-state index in [1.807, 2.05) is 6.07 Å². The van der Waals surface area contributed by atoms with Crippen molar-refractivity contribution < 1.29 is 9.47 Å². The van der Waals surface area contributed by atoms with Crippen molar-refractivity contribution in [3.8, 4) is 11.5 Å². The van der Waals surface area contributed by atoms with E-state index in [0.717, 1.165) is 31.0 Å². The molecule has 1 aromatic rings. The summed E-state index contributed by atoms with van der Waals surface area (Å²) in [7, 11) is 3.34. The van der Waals surface area contributed by atoms with Gasteiger partial charge in [-0.25, -0.2) is 0 Å². The summed E-state index contributed by atoms with van der Waals surface area (Å²) in [4.78, 5) is 0. The Labute approximate surface area is 110 Å². The molecule has 0 saturated carbocycles. The minimum atomic E-state index is 0.620. The molecule has 0 aromatic heterocycles. The summed E-state index contributed by atoms with van der Waals surface area (Å²) < 4.78 is 10.6. The molecule has 1 atom stereocenters. The molecule has 1 unspecified atom stereocenters. The van der Waals surface area contributed by atoms with Crippen LogP contribution in [0.2, 0.25) is 0 Å². The molecule has 1 N–H and O–H groups in total. The SMILES string of the molecule is CCCNCC(C)Cc1ccc(OC)c(OC)c1. The molecule has 0 bridgehead atoms. The van der Waals surface area contributed by atoms with Crippen LogP contribution in [-0.2, 0) is 6.42 Å². The van der Waals surface area contributed by atoms with Gasteiger partial charge in [-0.05, 0) is 49.5 Å². The van der Waals surface area contributed by atoms with Gasteiger partial charge in [0.1, 0.15) is 0 Å². The average Bonchev–Trinajstić information content (AvgIpc) is 2.39. The quantitative estimate of drug-likeness (QED) is 0.721. The molecule has 1 rings (SSSR count). The third-order valence-electron chi connectivity index (χ3n) is 2.95. The van der Waals surface area contributed by atoms with Crippen LogP contribution in [0.4, 0.5) is 0 Å². The van der Waals surface area contributed by atoms with Crippen molar-refractivity contribution in [2.75, 3.05) is 27.3 Å². The van der Waals surface area contributed by atoms with Gasteiger partial charge in [0.2, 0.25) is 0 Å². The lowest BCUT2D eigenvalue weighted by molar-refractivity contribution is 0.354. The first kappa shape index (κ1) is 14.8. The Morgan fingerprint density at radius 1 is 1.17 bits per heavy atom. The third kappa shape index (κ3) is 4.57. The van der Waals surface area contributed by atoms with Crippen molar-refractivity contribution >= 4 is 0 Å². The van der Waals surface area contributed by atoms with E-state index in [1.165, 1.54) is 12.0 Å². The summed E-state index contributed by atoms with van der Waals surface area (Å²) in [6.45, 7) is 6.60. The van der Waals surface area contributed by atoms with Gasteiger partial charge in [0, 0.05) is 0 Å². The van der Waals surface area contributed by atoms with E-state index in [-0.39, 0.29) is 0 Å². The third-order valence-corrected chi connectivity index (χ3v) is 2.95. The minimum absolute atomic E-state index is 0.620. The maximum atomic E-state index is 5.32. The van der Waals surface area contributed by atoms with Crippen LogP contribution in [0.3, 0.4) is 0 Å². The lowest BCUT2D eigenvalue weighted by atomic mass is 10.0. The van der Waals surface area contributed by atoms with Gasteiger partial charge in [0.25, 0.3) is 0 Å². The molecule has 0 aliphatic heterocycles. The first-order valence-electron chi connectivity index (χ1n) is 6.62. The number of benzene rings is 1. The largest absolute Gasteiger partial charge is 0.493 e. The second-order valence-electron chi connectivity index (χ2n) is 4.70. The first-order chi connectivity index (χ1) is 8.71. The molecule has 0 saturated heterocycles. The van der Waals surface area contributed by atoms with Gasteiger partial charge in [0.05, 0.1) is 14.2 Å². The van der Waals surface area contributed by atoms with Gasteiger partial charge in [-0.15, -0.1) is 0 Å². The minimum Gasteiger partial charge on any atom is -0.493 e. The number of hydrogen-bond acceptors (Lipinski definition) is 3. The van der Waals surface area contributed by atoms with E-state index in [0.29, 0.717) is 5.92 Å². The van der Waals surface area contributed by atoms with Gasteiger partial charge in [-0.1, -0.05) is 19.9 Å². The highest BCUT2D eigenvalue weighted by Gasteiger charge is 2.07. The Morgan fingerprint density at radius 2 is 1.89 bits per heavy atom. The number of rotatable bonds is 8. The fraction of sp³-hybridized carbons (Fsp3) is 0.600. The standard InChI is InChI=1S/C15H25NO2/c1-5-8-16-11-12(2)9-13-6-7-14(17-3)15(10-13)18-4/h6-7,10,12,16H,5,8-9,11H2,1-4H3. The topological polar surface area (TPSA) is 30.5 Å². The molecule has 0 amide bonds. The van der Waals surface area contributed by atoms with Crippen molar-refractivity contribution in [3.05, 3.63) is 23.8 Å². The molecule has 0 aliphatic carbocycles. The Balaban J connectivity index is 2.56. The zero-order valence-corrected chi connectivity index (χ0v) is 12.0. The summed E-state index contributed by atoms with van der Waals surface area (Å²) in [6, 6.07) is 6.15. The van der Waals surface area contributed by atoms with Crippen molar-refractivity contribution in [2.24, 2.45) is 5.92 Å². The van der Waals surface area contributed by atoms with E-state index < -0.39 is 0 Å². The molecular formula is C15H25NO2. The zero-order valence-electron chi connectivity index (χ0n) is 12.0. The van der Waals surface area contributed by atoms with E-state index in [1.54, 1.807) is 14.2 Å². The van der Waals surface area contributed by atoms with E-state index >= 15 is 0 Å². The number of nitrogens with one attached hydrogen (secondary N) is 1. The van der Waals surface area contributed by atoms with Crippen LogP contribution < -0.4 is 14.8 Å². The molecule has 0 fully saturated rings. The summed E-state index contributed by atoms with van der Waals surface area (Å²) >= 11 is 0. The van der Waals surface area contributed by atoms with Gasteiger partial charge in [0.15, 0.2) is 11.5 Å². The Hall–Kier alpha value is -1.22. The highest BCUT2D eigenvalue weighted by molar-refractivity contribution is 5.42. The smallest absolute Gasteiger partial charge is 0.160 e. The predicted molar refractivity (Wildman–Crippen MR) is 75.6 cm³/mol. The normalized spacial score (nSPS) is 12.2. The highest BCUT2D eigenvalue weighted by atomic mass is 16.5. The summed E-state index contributed by atoms with van der Waals surface area (Å²) in [5, 5.41) is 3.45. The number of hydrogen-bond donors (Lipinski definition) is 1. The van der Waals surface area contributed by atoms with Gasteiger partial charge < -0.3 is 14.8 Å². The Kier molecular flexibility index (Phi) is 6.58. The highest BCUT2D eigenvalue weighted by Crippen LogP contribution is 2.28. The summed E-state index contributed by atoms with van der Waals surface area (Å²) in [5.74, 6) is 2.22. The van der Waals surface area contributed by atoms with Crippen molar-refractivity contribution in [1.82, 2.24) is 5.32 Å². The van der Waals surface area contributed by atoms with Crippen LogP contribution in [0.1, 0.15) is 25.8 Å². The molecule has 3 heteroatoms. The molecule has 0 spiro atoms. The molecule has 102 valence electrons. The fourth-order valence-corrected chi connectivity index (χ4v) is 2.01. The number of ether oxygens (including phenoxy) is 2. The molecule has 0 aliphatic rings. The van der Waals surface area contributed by atoms with Crippen molar-refractivity contribution in [3.63, 3.8) is 0 Å². The van der Waals surface area contributed by atoms with Crippen LogP contribution in [0, 0.1) is 5.92 Å². The number of methoxy groups -OCH3 is 2. The monoisotopic (exact) mass is 251 g/mol.